The number of alkyl halides is 2. The summed E-state index contributed by atoms with van der Waals surface area (Å²) in [6.07, 6.45) is 3.28. The first-order valence-electron chi connectivity index (χ1n) is 7.38. The number of anilines is 2. The number of hydrogen-bond donors (Lipinski definition) is 2. The SMILES string of the molecule is FC(F)Oc1ccc(-c2cnc(Nc3ccc4[nH]ncc4c3)o2)cc1. The Bertz CT molecular complexity index is 995. The summed E-state index contributed by atoms with van der Waals surface area (Å²) in [5, 5.41) is 10.9. The quantitative estimate of drug-likeness (QED) is 0.556. The maximum absolute atomic E-state index is 12.2. The van der Waals surface area contributed by atoms with Gasteiger partial charge in [-0.3, -0.25) is 5.10 Å². The molecule has 25 heavy (non-hydrogen) atoms. The van der Waals surface area contributed by atoms with Gasteiger partial charge in [-0.05, 0) is 42.5 Å². The highest BCUT2D eigenvalue weighted by molar-refractivity contribution is 5.82. The Labute approximate surface area is 140 Å². The molecule has 0 atom stereocenters. The molecular weight excluding hydrogens is 330 g/mol. The van der Waals surface area contributed by atoms with Crippen molar-refractivity contribution in [2.24, 2.45) is 0 Å². The van der Waals surface area contributed by atoms with Crippen molar-refractivity contribution in [1.82, 2.24) is 15.2 Å². The molecule has 0 saturated carbocycles. The van der Waals surface area contributed by atoms with Crippen LogP contribution in [-0.2, 0) is 0 Å². The Morgan fingerprint density at radius 3 is 2.72 bits per heavy atom. The van der Waals surface area contributed by atoms with Gasteiger partial charge in [0.1, 0.15) is 5.75 Å². The summed E-state index contributed by atoms with van der Waals surface area (Å²) in [7, 11) is 0. The number of halogens is 2. The van der Waals surface area contributed by atoms with E-state index in [1.54, 1.807) is 24.5 Å². The molecule has 0 fully saturated rings. The number of rotatable bonds is 5. The van der Waals surface area contributed by atoms with Crippen LogP contribution in [0, 0.1) is 0 Å². The summed E-state index contributed by atoms with van der Waals surface area (Å²) in [5.41, 5.74) is 2.44. The molecule has 0 aliphatic carbocycles. The fraction of sp³-hybridized carbons (Fsp3) is 0.0588. The summed E-state index contributed by atoms with van der Waals surface area (Å²) in [4.78, 5) is 4.17. The number of nitrogens with one attached hydrogen (secondary N) is 2. The van der Waals surface area contributed by atoms with Gasteiger partial charge in [0.25, 0.3) is 6.01 Å². The highest BCUT2D eigenvalue weighted by Gasteiger charge is 2.09. The Balaban J connectivity index is 1.51. The molecule has 0 aliphatic heterocycles. The Hall–Kier alpha value is -3.42. The van der Waals surface area contributed by atoms with E-state index in [0.717, 1.165) is 16.6 Å². The number of aromatic nitrogens is 3. The van der Waals surface area contributed by atoms with Gasteiger partial charge in [-0.15, -0.1) is 0 Å². The molecular formula is C17H12F2N4O2. The van der Waals surface area contributed by atoms with Gasteiger partial charge in [-0.25, -0.2) is 4.98 Å². The Morgan fingerprint density at radius 1 is 1.08 bits per heavy atom. The van der Waals surface area contributed by atoms with Gasteiger partial charge in [0, 0.05) is 16.6 Å². The van der Waals surface area contributed by atoms with Crippen LogP contribution in [0.3, 0.4) is 0 Å². The van der Waals surface area contributed by atoms with Crippen molar-refractivity contribution >= 4 is 22.6 Å². The smallest absolute Gasteiger partial charge is 0.387 e. The molecule has 0 unspecified atom stereocenters. The third kappa shape index (κ3) is 3.27. The minimum absolute atomic E-state index is 0.0880. The van der Waals surface area contributed by atoms with Crippen molar-refractivity contribution in [2.75, 3.05) is 5.32 Å². The average Bonchev–Trinajstić information content (AvgIpc) is 3.24. The fourth-order valence-electron chi connectivity index (χ4n) is 2.41. The third-order valence-electron chi connectivity index (χ3n) is 3.56. The number of oxazole rings is 1. The molecule has 0 amide bonds. The van der Waals surface area contributed by atoms with Crippen LogP contribution in [0.5, 0.6) is 5.75 Å². The highest BCUT2D eigenvalue weighted by Crippen LogP contribution is 2.27. The number of benzene rings is 2. The lowest BCUT2D eigenvalue weighted by Crippen LogP contribution is -2.01. The summed E-state index contributed by atoms with van der Waals surface area (Å²) in [5.74, 6) is 0.598. The first-order valence-corrected chi connectivity index (χ1v) is 7.38. The van der Waals surface area contributed by atoms with Crippen LogP contribution in [0.4, 0.5) is 20.5 Å². The summed E-state index contributed by atoms with van der Waals surface area (Å²) in [6.45, 7) is -2.85. The topological polar surface area (TPSA) is 76.0 Å². The van der Waals surface area contributed by atoms with Crippen molar-refractivity contribution < 1.29 is 17.9 Å². The van der Waals surface area contributed by atoms with Crippen molar-refractivity contribution in [3.05, 3.63) is 54.9 Å². The van der Waals surface area contributed by atoms with Crippen molar-refractivity contribution in [3.63, 3.8) is 0 Å². The number of nitrogens with zero attached hydrogens (tertiary/aromatic N) is 2. The first kappa shape index (κ1) is 15.1. The van der Waals surface area contributed by atoms with E-state index in [1.165, 1.54) is 12.1 Å². The number of ether oxygens (including phenoxy) is 1. The molecule has 2 aromatic carbocycles. The minimum Gasteiger partial charge on any atom is -0.435 e. The van der Waals surface area contributed by atoms with Crippen LogP contribution in [0.1, 0.15) is 0 Å². The van der Waals surface area contributed by atoms with Crippen LogP contribution in [0.15, 0.2) is 59.3 Å². The monoisotopic (exact) mass is 342 g/mol. The van der Waals surface area contributed by atoms with Crippen molar-refractivity contribution in [2.45, 2.75) is 6.61 Å². The van der Waals surface area contributed by atoms with Gasteiger partial charge >= 0.3 is 6.61 Å². The predicted molar refractivity (Wildman–Crippen MR) is 87.9 cm³/mol. The van der Waals surface area contributed by atoms with E-state index in [9.17, 15) is 8.78 Å². The second-order valence-corrected chi connectivity index (χ2v) is 5.23. The maximum Gasteiger partial charge on any atom is 0.387 e. The normalized spacial score (nSPS) is 11.2. The van der Waals surface area contributed by atoms with Gasteiger partial charge in [-0.2, -0.15) is 13.9 Å². The van der Waals surface area contributed by atoms with E-state index < -0.39 is 6.61 Å². The standard InChI is InChI=1S/C17H12F2N4O2/c18-16(19)24-13-4-1-10(2-5-13)15-9-20-17(25-15)22-12-3-6-14-11(7-12)8-21-23-14/h1-9,16H,(H,20,22)(H,21,23). The van der Waals surface area contributed by atoms with Crippen LogP contribution < -0.4 is 10.1 Å². The van der Waals surface area contributed by atoms with Gasteiger partial charge in [0.2, 0.25) is 0 Å². The van der Waals surface area contributed by atoms with Crippen LogP contribution >= 0.6 is 0 Å². The van der Waals surface area contributed by atoms with E-state index in [1.807, 2.05) is 18.2 Å². The van der Waals surface area contributed by atoms with Gasteiger partial charge < -0.3 is 14.5 Å². The summed E-state index contributed by atoms with van der Waals surface area (Å²) in [6, 6.07) is 12.2. The molecule has 0 radical (unpaired) electrons. The molecule has 0 bridgehead atoms. The Kier molecular flexibility index (Phi) is 3.77. The Morgan fingerprint density at radius 2 is 1.92 bits per heavy atom. The first-order chi connectivity index (χ1) is 12.2. The molecule has 0 saturated heterocycles. The second kappa shape index (κ2) is 6.23. The average molecular weight is 342 g/mol. The predicted octanol–water partition coefficient (Wildman–Crippen LogP) is 4.56. The molecule has 0 spiro atoms. The zero-order valence-corrected chi connectivity index (χ0v) is 12.7. The lowest BCUT2D eigenvalue weighted by Gasteiger charge is -2.04. The van der Waals surface area contributed by atoms with Crippen LogP contribution in [-0.4, -0.2) is 21.8 Å². The van der Waals surface area contributed by atoms with Crippen LogP contribution in [0.25, 0.3) is 22.2 Å². The maximum atomic E-state index is 12.2. The molecule has 8 heteroatoms. The molecule has 2 aromatic heterocycles. The zero-order chi connectivity index (χ0) is 17.2. The highest BCUT2D eigenvalue weighted by atomic mass is 19.3. The lowest BCUT2D eigenvalue weighted by molar-refractivity contribution is -0.0498. The number of fused-ring (bicyclic) bond motifs is 1. The van der Waals surface area contributed by atoms with Gasteiger partial charge in [0.15, 0.2) is 5.76 Å². The number of H-pyrrole nitrogens is 1. The number of aromatic amines is 1. The largest absolute Gasteiger partial charge is 0.435 e. The second-order valence-electron chi connectivity index (χ2n) is 5.23. The molecule has 126 valence electrons. The molecule has 2 heterocycles. The van der Waals surface area contributed by atoms with E-state index in [-0.39, 0.29) is 5.75 Å². The zero-order valence-electron chi connectivity index (χ0n) is 12.7. The summed E-state index contributed by atoms with van der Waals surface area (Å²) < 4.78 is 34.3. The van der Waals surface area contributed by atoms with E-state index >= 15 is 0 Å². The molecule has 4 rings (SSSR count). The van der Waals surface area contributed by atoms with Crippen molar-refractivity contribution in [3.8, 4) is 17.1 Å². The number of hydrogen-bond acceptors (Lipinski definition) is 5. The van der Waals surface area contributed by atoms with Crippen LogP contribution in [0.2, 0.25) is 0 Å². The fourth-order valence-corrected chi connectivity index (χ4v) is 2.41. The molecule has 6 nitrogen and oxygen atoms in total. The molecule has 2 N–H and O–H groups in total. The van der Waals surface area contributed by atoms with Gasteiger partial charge in [-0.1, -0.05) is 0 Å². The molecule has 4 aromatic rings. The molecule has 0 aliphatic rings. The van der Waals surface area contributed by atoms with Crippen molar-refractivity contribution in [1.29, 1.82) is 0 Å². The van der Waals surface area contributed by atoms with E-state index in [4.69, 9.17) is 4.42 Å². The van der Waals surface area contributed by atoms with E-state index in [2.05, 4.69) is 25.2 Å². The minimum atomic E-state index is -2.85. The summed E-state index contributed by atoms with van der Waals surface area (Å²) >= 11 is 0. The van der Waals surface area contributed by atoms with Gasteiger partial charge in [0.05, 0.1) is 17.9 Å². The third-order valence-corrected chi connectivity index (χ3v) is 3.56. The lowest BCUT2D eigenvalue weighted by atomic mass is 10.2. The van der Waals surface area contributed by atoms with E-state index in [0.29, 0.717) is 17.3 Å².